The van der Waals surface area contributed by atoms with Crippen molar-refractivity contribution in [3.05, 3.63) is 64.1 Å². The third-order valence-corrected chi connectivity index (χ3v) is 3.82. The summed E-state index contributed by atoms with van der Waals surface area (Å²) in [7, 11) is 0. The average Bonchev–Trinajstić information content (AvgIpc) is 2.47. The molecule has 3 nitrogen and oxygen atoms in total. The highest BCUT2D eigenvalue weighted by atomic mass is 79.9. The number of hydrogen-bond acceptors (Lipinski definition) is 3. The van der Waals surface area contributed by atoms with Crippen molar-refractivity contribution in [2.45, 2.75) is 11.8 Å². The zero-order chi connectivity index (χ0) is 14.6. The van der Waals surface area contributed by atoms with Gasteiger partial charge in [-0.15, -0.1) is 0 Å². The number of aromatic nitrogens is 1. The lowest BCUT2D eigenvalue weighted by Crippen LogP contribution is -2.37. The number of nitrogens with zero attached hydrogens (tertiary/aromatic N) is 1. The molecular weight excluding hydrogens is 325 g/mol. The number of halogens is 2. The molecule has 0 unspecified atom stereocenters. The minimum absolute atomic E-state index is 0.287. The van der Waals surface area contributed by atoms with Gasteiger partial charge < -0.3 is 10.2 Å². The van der Waals surface area contributed by atoms with Gasteiger partial charge in [0.15, 0.2) is 0 Å². The summed E-state index contributed by atoms with van der Waals surface area (Å²) in [5.41, 5.74) is 0.343. The average molecular weight is 340 g/mol. The molecule has 0 aliphatic carbocycles. The Kier molecular flexibility index (Phi) is 4.86. The Morgan fingerprint density at radius 1 is 1.15 bits per heavy atom. The predicted molar refractivity (Wildman–Crippen MR) is 77.9 cm³/mol. The van der Waals surface area contributed by atoms with Crippen LogP contribution < -0.4 is 0 Å². The van der Waals surface area contributed by atoms with Gasteiger partial charge in [-0.1, -0.05) is 12.1 Å². The first-order valence-electron chi connectivity index (χ1n) is 6.18. The smallest absolute Gasteiger partial charge is 0.123 e. The maximum atomic E-state index is 13.4. The fourth-order valence-electron chi connectivity index (χ4n) is 2.12. The first-order valence-corrected chi connectivity index (χ1v) is 6.97. The van der Waals surface area contributed by atoms with E-state index in [0.717, 1.165) is 10.2 Å². The topological polar surface area (TPSA) is 53.4 Å². The number of aliphatic hydroxyl groups is 2. The normalized spacial score (nSPS) is 11.6. The van der Waals surface area contributed by atoms with Gasteiger partial charge in [0.25, 0.3) is 0 Å². The van der Waals surface area contributed by atoms with Crippen molar-refractivity contribution in [1.29, 1.82) is 0 Å². The highest BCUT2D eigenvalue weighted by molar-refractivity contribution is 9.10. The van der Waals surface area contributed by atoms with Gasteiger partial charge in [0.1, 0.15) is 5.82 Å². The van der Waals surface area contributed by atoms with Gasteiger partial charge in [0.05, 0.1) is 13.2 Å². The molecule has 1 aromatic heterocycles. The highest BCUT2D eigenvalue weighted by Crippen LogP contribution is 2.28. The predicted octanol–water partition coefficient (Wildman–Crippen LogP) is 2.45. The van der Waals surface area contributed by atoms with E-state index in [-0.39, 0.29) is 13.2 Å². The van der Waals surface area contributed by atoms with Crippen molar-refractivity contribution in [3.8, 4) is 0 Å². The van der Waals surface area contributed by atoms with Crippen molar-refractivity contribution >= 4 is 15.9 Å². The van der Waals surface area contributed by atoms with E-state index in [4.69, 9.17) is 0 Å². The van der Waals surface area contributed by atoms with Gasteiger partial charge in [0, 0.05) is 28.2 Å². The van der Waals surface area contributed by atoms with Crippen molar-refractivity contribution in [3.63, 3.8) is 0 Å². The number of rotatable bonds is 5. The van der Waals surface area contributed by atoms with Crippen LogP contribution in [0, 0.1) is 5.82 Å². The molecule has 2 rings (SSSR count). The maximum absolute atomic E-state index is 13.4. The Labute approximate surface area is 125 Å². The third-order valence-electron chi connectivity index (χ3n) is 3.35. The lowest BCUT2D eigenvalue weighted by molar-refractivity contribution is 0.115. The largest absolute Gasteiger partial charge is 0.395 e. The molecule has 106 valence electrons. The Balaban J connectivity index is 2.36. The standard InChI is InChI=1S/C15H15BrFNO2/c16-12-4-5-14(18-8-12)7-15(9-19,10-20)11-2-1-3-13(17)6-11/h1-6,8,19-20H,7,9-10H2. The van der Waals surface area contributed by atoms with Crippen LogP contribution in [0.15, 0.2) is 47.1 Å². The molecule has 0 atom stereocenters. The molecule has 1 aromatic carbocycles. The van der Waals surface area contributed by atoms with E-state index >= 15 is 0 Å². The number of hydrogen-bond donors (Lipinski definition) is 2. The summed E-state index contributed by atoms with van der Waals surface area (Å²) in [4.78, 5) is 4.24. The quantitative estimate of drug-likeness (QED) is 0.879. The summed E-state index contributed by atoms with van der Waals surface area (Å²) in [6.07, 6.45) is 1.98. The summed E-state index contributed by atoms with van der Waals surface area (Å²) in [5.74, 6) is -0.391. The van der Waals surface area contributed by atoms with Crippen LogP contribution in [0.3, 0.4) is 0 Å². The summed E-state index contributed by atoms with van der Waals surface area (Å²) >= 11 is 3.30. The van der Waals surface area contributed by atoms with Gasteiger partial charge in [-0.3, -0.25) is 4.98 Å². The molecule has 2 aromatic rings. The summed E-state index contributed by atoms with van der Waals surface area (Å²) in [6, 6.07) is 9.59. The molecule has 0 bridgehead atoms. The van der Waals surface area contributed by atoms with Gasteiger partial charge in [-0.2, -0.15) is 0 Å². The number of benzene rings is 1. The maximum Gasteiger partial charge on any atom is 0.123 e. The van der Waals surface area contributed by atoms with Crippen LogP contribution in [0.4, 0.5) is 4.39 Å². The molecule has 0 aliphatic rings. The second-order valence-electron chi connectivity index (χ2n) is 4.75. The van der Waals surface area contributed by atoms with E-state index in [2.05, 4.69) is 20.9 Å². The van der Waals surface area contributed by atoms with Crippen LogP contribution in [0.25, 0.3) is 0 Å². The molecule has 0 amide bonds. The van der Waals surface area contributed by atoms with Gasteiger partial charge in [-0.25, -0.2) is 4.39 Å². The van der Waals surface area contributed by atoms with Crippen LogP contribution in [-0.4, -0.2) is 28.4 Å². The van der Waals surface area contributed by atoms with Crippen LogP contribution in [0.2, 0.25) is 0 Å². The van der Waals surface area contributed by atoms with E-state index in [9.17, 15) is 14.6 Å². The first kappa shape index (κ1) is 15.1. The monoisotopic (exact) mass is 339 g/mol. The Morgan fingerprint density at radius 2 is 1.90 bits per heavy atom. The van der Waals surface area contributed by atoms with Crippen molar-refractivity contribution in [1.82, 2.24) is 4.98 Å². The number of aliphatic hydroxyl groups excluding tert-OH is 2. The Bertz CT molecular complexity index is 570. The van der Waals surface area contributed by atoms with Crippen LogP contribution in [-0.2, 0) is 11.8 Å². The van der Waals surface area contributed by atoms with Crippen molar-refractivity contribution in [2.75, 3.05) is 13.2 Å². The molecule has 0 spiro atoms. The van der Waals surface area contributed by atoms with E-state index < -0.39 is 11.2 Å². The molecule has 20 heavy (non-hydrogen) atoms. The highest BCUT2D eigenvalue weighted by Gasteiger charge is 2.32. The zero-order valence-corrected chi connectivity index (χ0v) is 12.3. The van der Waals surface area contributed by atoms with Gasteiger partial charge >= 0.3 is 0 Å². The van der Waals surface area contributed by atoms with Gasteiger partial charge in [-0.05, 0) is 45.8 Å². The molecule has 0 saturated carbocycles. The molecule has 0 saturated heterocycles. The first-order chi connectivity index (χ1) is 9.59. The second kappa shape index (κ2) is 6.43. The molecule has 1 heterocycles. The SMILES string of the molecule is OCC(CO)(Cc1ccc(Br)cn1)c1cccc(F)c1. The van der Waals surface area contributed by atoms with E-state index in [1.54, 1.807) is 18.3 Å². The lowest BCUT2D eigenvalue weighted by atomic mass is 9.78. The van der Waals surface area contributed by atoms with Gasteiger partial charge in [0.2, 0.25) is 0 Å². The summed E-state index contributed by atoms with van der Waals surface area (Å²) < 4.78 is 14.2. The molecule has 2 N–H and O–H groups in total. The van der Waals surface area contributed by atoms with Crippen LogP contribution >= 0.6 is 15.9 Å². The minimum atomic E-state index is -0.942. The van der Waals surface area contributed by atoms with Crippen LogP contribution in [0.1, 0.15) is 11.3 Å². The molecule has 0 aliphatic heterocycles. The number of pyridine rings is 1. The van der Waals surface area contributed by atoms with E-state index in [0.29, 0.717) is 12.0 Å². The van der Waals surface area contributed by atoms with Crippen molar-refractivity contribution in [2.24, 2.45) is 0 Å². The molecule has 0 fully saturated rings. The second-order valence-corrected chi connectivity index (χ2v) is 5.67. The van der Waals surface area contributed by atoms with E-state index in [1.807, 2.05) is 12.1 Å². The van der Waals surface area contributed by atoms with E-state index in [1.165, 1.54) is 12.1 Å². The van der Waals surface area contributed by atoms with Crippen LogP contribution in [0.5, 0.6) is 0 Å². The minimum Gasteiger partial charge on any atom is -0.395 e. The Morgan fingerprint density at radius 3 is 2.45 bits per heavy atom. The lowest BCUT2D eigenvalue weighted by Gasteiger charge is -2.30. The summed E-state index contributed by atoms with van der Waals surface area (Å²) in [5, 5.41) is 19.4. The Hall–Kier alpha value is -1.30. The molecular formula is C15H15BrFNO2. The molecule has 5 heteroatoms. The molecule has 0 radical (unpaired) electrons. The fraction of sp³-hybridized carbons (Fsp3) is 0.267. The zero-order valence-electron chi connectivity index (χ0n) is 10.8. The fourth-order valence-corrected chi connectivity index (χ4v) is 2.36. The third kappa shape index (κ3) is 3.23. The van der Waals surface area contributed by atoms with Crippen molar-refractivity contribution < 1.29 is 14.6 Å². The summed E-state index contributed by atoms with van der Waals surface area (Å²) in [6.45, 7) is -0.574.